The van der Waals surface area contributed by atoms with Crippen molar-refractivity contribution in [1.82, 2.24) is 0 Å². The van der Waals surface area contributed by atoms with E-state index in [4.69, 9.17) is 16.3 Å². The second kappa shape index (κ2) is 4.71. The predicted octanol–water partition coefficient (Wildman–Crippen LogP) is 2.95. The minimum absolute atomic E-state index is 0.0535. The zero-order valence-corrected chi connectivity index (χ0v) is 9.64. The highest BCUT2D eigenvalue weighted by molar-refractivity contribution is 6.32. The Morgan fingerprint density at radius 1 is 1.47 bits per heavy atom. The molecule has 0 aromatic heterocycles. The van der Waals surface area contributed by atoms with Gasteiger partial charge in [0.25, 0.3) is 5.69 Å². The van der Waals surface area contributed by atoms with Gasteiger partial charge in [0.15, 0.2) is 5.75 Å². The van der Waals surface area contributed by atoms with E-state index in [0.717, 1.165) is 19.3 Å². The quantitative estimate of drug-likeness (QED) is 0.360. The number of ether oxygens (including phenoxy) is 1. The number of rotatable bonds is 3. The lowest BCUT2D eigenvalue weighted by Gasteiger charge is -2.23. The average molecular weight is 256 g/mol. The van der Waals surface area contributed by atoms with Crippen LogP contribution in [0.15, 0.2) is 18.2 Å². The summed E-state index contributed by atoms with van der Waals surface area (Å²) in [5.74, 6) is -0.401. The fraction of sp³-hybridized carbons (Fsp3) is 0.364. The van der Waals surface area contributed by atoms with Crippen LogP contribution in [0.25, 0.3) is 0 Å². The smallest absolute Gasteiger partial charge is 0.314 e. The molecular formula is C11H10ClNO4. The van der Waals surface area contributed by atoms with Crippen LogP contribution in [0.3, 0.4) is 0 Å². The first-order valence-electron chi connectivity index (χ1n) is 5.23. The summed E-state index contributed by atoms with van der Waals surface area (Å²) in [7, 11) is 0. The molecule has 5 nitrogen and oxygen atoms in total. The predicted molar refractivity (Wildman–Crippen MR) is 61.1 cm³/mol. The van der Waals surface area contributed by atoms with Crippen molar-refractivity contribution in [2.45, 2.75) is 19.3 Å². The lowest BCUT2D eigenvalue weighted by molar-refractivity contribution is -0.384. The first-order chi connectivity index (χ1) is 8.08. The van der Waals surface area contributed by atoms with Crippen LogP contribution >= 0.6 is 11.6 Å². The number of hydrogen-bond donors (Lipinski definition) is 0. The topological polar surface area (TPSA) is 69.4 Å². The number of benzene rings is 1. The molecule has 0 heterocycles. The zero-order chi connectivity index (χ0) is 12.4. The molecule has 0 unspecified atom stereocenters. The van der Waals surface area contributed by atoms with Gasteiger partial charge in [0.1, 0.15) is 0 Å². The van der Waals surface area contributed by atoms with Gasteiger partial charge in [-0.1, -0.05) is 18.0 Å². The first kappa shape index (κ1) is 11.9. The Kier molecular flexibility index (Phi) is 3.28. The normalized spacial score (nSPS) is 15.1. The molecule has 0 spiro atoms. The molecule has 1 aliphatic carbocycles. The average Bonchev–Trinajstić information content (AvgIpc) is 2.18. The Hall–Kier alpha value is -1.62. The molecule has 0 amide bonds. The summed E-state index contributed by atoms with van der Waals surface area (Å²) in [5, 5.41) is 10.8. The Balaban J connectivity index is 2.16. The maximum absolute atomic E-state index is 11.6. The Labute approximate surface area is 102 Å². The van der Waals surface area contributed by atoms with Crippen molar-refractivity contribution in [3.05, 3.63) is 33.3 Å². The lowest BCUT2D eigenvalue weighted by Crippen LogP contribution is -2.26. The highest BCUT2D eigenvalue weighted by atomic mass is 35.5. The van der Waals surface area contributed by atoms with Crippen LogP contribution in [-0.4, -0.2) is 10.9 Å². The van der Waals surface area contributed by atoms with Crippen LogP contribution in [-0.2, 0) is 4.79 Å². The molecule has 1 aromatic rings. The van der Waals surface area contributed by atoms with Crippen molar-refractivity contribution in [3.8, 4) is 5.75 Å². The summed E-state index contributed by atoms with van der Waals surface area (Å²) in [6.45, 7) is 0. The maximum atomic E-state index is 11.6. The standard InChI is InChI=1S/C11H10ClNO4/c12-9-5-4-8(13(15)16)6-10(9)17-11(14)7-2-1-3-7/h4-7H,1-3H2. The monoisotopic (exact) mass is 255 g/mol. The maximum Gasteiger partial charge on any atom is 0.314 e. The summed E-state index contributed by atoms with van der Waals surface area (Å²) >= 11 is 5.81. The van der Waals surface area contributed by atoms with Crippen LogP contribution in [0, 0.1) is 16.0 Å². The summed E-state index contributed by atoms with van der Waals surface area (Å²) in [4.78, 5) is 21.6. The van der Waals surface area contributed by atoms with Gasteiger partial charge in [-0.25, -0.2) is 0 Å². The molecule has 0 bridgehead atoms. The van der Waals surface area contributed by atoms with Gasteiger partial charge < -0.3 is 4.74 Å². The van der Waals surface area contributed by atoms with Crippen molar-refractivity contribution >= 4 is 23.3 Å². The molecule has 0 radical (unpaired) electrons. The van der Waals surface area contributed by atoms with E-state index < -0.39 is 4.92 Å². The van der Waals surface area contributed by atoms with Crippen LogP contribution in [0.1, 0.15) is 19.3 Å². The number of nitro benzene ring substituents is 1. The van der Waals surface area contributed by atoms with Crippen molar-refractivity contribution in [3.63, 3.8) is 0 Å². The van der Waals surface area contributed by atoms with Gasteiger partial charge >= 0.3 is 5.97 Å². The molecule has 1 saturated carbocycles. The number of non-ortho nitro benzene ring substituents is 1. The third-order valence-electron chi connectivity index (χ3n) is 2.77. The molecule has 1 fully saturated rings. The Morgan fingerprint density at radius 2 is 2.18 bits per heavy atom. The molecule has 0 saturated heterocycles. The number of nitro groups is 1. The second-order valence-corrected chi connectivity index (χ2v) is 4.33. The van der Waals surface area contributed by atoms with Crippen LogP contribution in [0.2, 0.25) is 5.02 Å². The number of hydrogen-bond acceptors (Lipinski definition) is 4. The molecule has 1 aromatic carbocycles. The lowest BCUT2D eigenvalue weighted by atomic mass is 9.86. The number of nitrogens with zero attached hydrogens (tertiary/aromatic N) is 1. The summed E-state index contributed by atoms with van der Waals surface area (Å²) in [5.41, 5.74) is -0.147. The fourth-order valence-electron chi connectivity index (χ4n) is 1.52. The molecule has 6 heteroatoms. The van der Waals surface area contributed by atoms with E-state index in [-0.39, 0.29) is 28.3 Å². The minimum Gasteiger partial charge on any atom is -0.424 e. The second-order valence-electron chi connectivity index (χ2n) is 3.92. The van der Waals surface area contributed by atoms with E-state index in [1.165, 1.54) is 18.2 Å². The summed E-state index contributed by atoms with van der Waals surface area (Å²) < 4.78 is 5.06. The van der Waals surface area contributed by atoms with Crippen molar-refractivity contribution in [1.29, 1.82) is 0 Å². The van der Waals surface area contributed by atoms with E-state index >= 15 is 0 Å². The third-order valence-corrected chi connectivity index (χ3v) is 3.09. The third kappa shape index (κ3) is 2.55. The van der Waals surface area contributed by atoms with E-state index in [9.17, 15) is 14.9 Å². The molecule has 17 heavy (non-hydrogen) atoms. The van der Waals surface area contributed by atoms with Gasteiger partial charge in [0, 0.05) is 6.07 Å². The van der Waals surface area contributed by atoms with Crippen molar-refractivity contribution < 1.29 is 14.5 Å². The Bertz CT molecular complexity index is 471. The number of carbonyl (C=O) groups excluding carboxylic acids is 1. The van der Waals surface area contributed by atoms with Gasteiger partial charge in [-0.2, -0.15) is 0 Å². The molecule has 2 rings (SSSR count). The van der Waals surface area contributed by atoms with E-state index in [0.29, 0.717) is 0 Å². The van der Waals surface area contributed by atoms with Crippen LogP contribution in [0.5, 0.6) is 5.75 Å². The minimum atomic E-state index is -0.559. The van der Waals surface area contributed by atoms with E-state index in [1.54, 1.807) is 0 Å². The zero-order valence-electron chi connectivity index (χ0n) is 8.89. The molecule has 0 N–H and O–H groups in total. The fourth-order valence-corrected chi connectivity index (χ4v) is 1.68. The van der Waals surface area contributed by atoms with Crippen LogP contribution in [0.4, 0.5) is 5.69 Å². The number of halogens is 1. The van der Waals surface area contributed by atoms with E-state index in [2.05, 4.69) is 0 Å². The SMILES string of the molecule is O=C(Oc1cc([N+](=O)[O-])ccc1Cl)C1CCC1. The van der Waals surface area contributed by atoms with Crippen LogP contribution < -0.4 is 4.74 Å². The highest BCUT2D eigenvalue weighted by Gasteiger charge is 2.28. The van der Waals surface area contributed by atoms with E-state index in [1.807, 2.05) is 0 Å². The van der Waals surface area contributed by atoms with Crippen molar-refractivity contribution in [2.24, 2.45) is 5.92 Å². The molecule has 1 aliphatic rings. The Morgan fingerprint density at radius 3 is 2.71 bits per heavy atom. The van der Waals surface area contributed by atoms with Gasteiger partial charge in [-0.3, -0.25) is 14.9 Å². The highest BCUT2D eigenvalue weighted by Crippen LogP contribution is 2.32. The summed E-state index contributed by atoms with van der Waals surface area (Å²) in [6, 6.07) is 3.78. The van der Waals surface area contributed by atoms with Crippen molar-refractivity contribution in [2.75, 3.05) is 0 Å². The molecule has 90 valence electrons. The number of esters is 1. The van der Waals surface area contributed by atoms with Gasteiger partial charge in [0.2, 0.25) is 0 Å². The molecule has 0 aliphatic heterocycles. The van der Waals surface area contributed by atoms with Gasteiger partial charge in [-0.15, -0.1) is 0 Å². The summed E-state index contributed by atoms with van der Waals surface area (Å²) in [6.07, 6.45) is 2.64. The first-order valence-corrected chi connectivity index (χ1v) is 5.61. The number of carbonyl (C=O) groups is 1. The largest absolute Gasteiger partial charge is 0.424 e. The molecular weight excluding hydrogens is 246 g/mol. The van der Waals surface area contributed by atoms with Gasteiger partial charge in [0.05, 0.1) is 21.9 Å². The molecule has 0 atom stereocenters. The van der Waals surface area contributed by atoms with Gasteiger partial charge in [-0.05, 0) is 18.9 Å².